The molecule has 1 aromatic heterocycles. The zero-order chi connectivity index (χ0) is 22.7. The van der Waals surface area contributed by atoms with E-state index in [2.05, 4.69) is 20.9 Å². The van der Waals surface area contributed by atoms with Crippen LogP contribution in [0, 0.1) is 24.7 Å². The van der Waals surface area contributed by atoms with Crippen LogP contribution in [0.4, 0.5) is 5.95 Å². The summed E-state index contributed by atoms with van der Waals surface area (Å²) >= 11 is 5.90. The average Bonchev–Trinajstić information content (AvgIpc) is 3.55. The van der Waals surface area contributed by atoms with Crippen LogP contribution in [0.2, 0.25) is 5.02 Å². The largest absolute Gasteiger partial charge is 0.494 e. The minimum Gasteiger partial charge on any atom is -0.494 e. The summed E-state index contributed by atoms with van der Waals surface area (Å²) in [5, 5.41) is 0.581. The first-order chi connectivity index (χ1) is 15.4. The predicted molar refractivity (Wildman–Crippen MR) is 127 cm³/mol. The van der Waals surface area contributed by atoms with Crippen molar-refractivity contribution in [2.75, 3.05) is 38.7 Å². The molecular formula is C25H33ClN4O2. The maximum absolute atomic E-state index is 11.9. The van der Waals surface area contributed by atoms with Gasteiger partial charge >= 0.3 is 0 Å². The van der Waals surface area contributed by atoms with E-state index in [4.69, 9.17) is 16.3 Å². The van der Waals surface area contributed by atoms with E-state index in [-0.39, 0.29) is 5.91 Å². The van der Waals surface area contributed by atoms with Crippen LogP contribution in [-0.2, 0) is 11.2 Å². The fourth-order valence-corrected chi connectivity index (χ4v) is 4.88. The Labute approximate surface area is 195 Å². The van der Waals surface area contributed by atoms with Gasteiger partial charge in [0.2, 0.25) is 11.9 Å². The quantitative estimate of drug-likeness (QED) is 0.589. The van der Waals surface area contributed by atoms with E-state index in [1.54, 1.807) is 31.4 Å². The number of halogens is 1. The molecule has 0 bridgehead atoms. The molecule has 6 nitrogen and oxygen atoms in total. The Kier molecular flexibility index (Phi) is 7.19. The van der Waals surface area contributed by atoms with Gasteiger partial charge in [0, 0.05) is 27.2 Å². The summed E-state index contributed by atoms with van der Waals surface area (Å²) in [5.74, 6) is 4.25. The third kappa shape index (κ3) is 5.71. The van der Waals surface area contributed by atoms with Gasteiger partial charge in [-0.15, -0.1) is 0 Å². The minimum atomic E-state index is 0.119. The number of nitrogens with zero attached hydrogens (tertiary/aromatic N) is 4. The molecule has 2 atom stereocenters. The molecule has 32 heavy (non-hydrogen) atoms. The van der Waals surface area contributed by atoms with Crippen LogP contribution in [-0.4, -0.2) is 54.6 Å². The van der Waals surface area contributed by atoms with E-state index < -0.39 is 0 Å². The highest BCUT2D eigenvalue weighted by molar-refractivity contribution is 6.30. The SMILES string of the molecule is Cc1cc(OCCC2CC2C2CCN(c3ncc(Cl)cn3)CC2)ccc1CC(=O)N(C)C. The number of piperidine rings is 1. The lowest BCUT2D eigenvalue weighted by Crippen LogP contribution is -2.35. The molecule has 2 fully saturated rings. The number of aromatic nitrogens is 2. The van der Waals surface area contributed by atoms with Gasteiger partial charge in [-0.05, 0) is 73.6 Å². The van der Waals surface area contributed by atoms with E-state index in [0.717, 1.165) is 66.7 Å². The number of aryl methyl sites for hydroxylation is 1. The smallest absolute Gasteiger partial charge is 0.226 e. The molecule has 2 aliphatic rings. The second kappa shape index (κ2) is 10.1. The first-order valence-electron chi connectivity index (χ1n) is 11.6. The zero-order valence-electron chi connectivity index (χ0n) is 19.3. The zero-order valence-corrected chi connectivity index (χ0v) is 20.0. The fourth-order valence-electron chi connectivity index (χ4n) is 4.78. The average molecular weight is 457 g/mol. The number of amides is 1. The predicted octanol–water partition coefficient (Wildman–Crippen LogP) is 4.39. The third-order valence-corrected chi connectivity index (χ3v) is 7.12. The van der Waals surface area contributed by atoms with Crippen LogP contribution in [0.1, 0.15) is 36.8 Å². The molecule has 1 aliphatic heterocycles. The number of ether oxygens (including phenoxy) is 1. The molecule has 2 aromatic rings. The van der Waals surface area contributed by atoms with Gasteiger partial charge in [0.05, 0.1) is 30.4 Å². The van der Waals surface area contributed by atoms with Crippen molar-refractivity contribution in [1.29, 1.82) is 0 Å². The van der Waals surface area contributed by atoms with Crippen molar-refractivity contribution in [3.05, 3.63) is 46.7 Å². The Morgan fingerprint density at radius 2 is 1.94 bits per heavy atom. The van der Waals surface area contributed by atoms with Crippen molar-refractivity contribution < 1.29 is 9.53 Å². The summed E-state index contributed by atoms with van der Waals surface area (Å²) in [5.41, 5.74) is 2.17. The summed E-state index contributed by atoms with van der Waals surface area (Å²) in [6.07, 6.45) is 8.64. The molecule has 1 aliphatic carbocycles. The Morgan fingerprint density at radius 3 is 2.59 bits per heavy atom. The lowest BCUT2D eigenvalue weighted by Gasteiger charge is -2.32. The second-order valence-corrected chi connectivity index (χ2v) is 9.81. The van der Waals surface area contributed by atoms with Crippen molar-refractivity contribution in [1.82, 2.24) is 14.9 Å². The van der Waals surface area contributed by atoms with Gasteiger partial charge in [-0.25, -0.2) is 9.97 Å². The van der Waals surface area contributed by atoms with Crippen LogP contribution in [0.3, 0.4) is 0 Å². The highest BCUT2D eigenvalue weighted by Crippen LogP contribution is 2.49. The number of carbonyl (C=O) groups is 1. The van der Waals surface area contributed by atoms with Crippen molar-refractivity contribution in [2.24, 2.45) is 17.8 Å². The van der Waals surface area contributed by atoms with Gasteiger partial charge in [-0.3, -0.25) is 4.79 Å². The minimum absolute atomic E-state index is 0.119. The number of hydrogen-bond donors (Lipinski definition) is 0. The number of anilines is 1. The maximum atomic E-state index is 11.9. The molecule has 1 amide bonds. The summed E-state index contributed by atoms with van der Waals surface area (Å²) < 4.78 is 6.03. The third-order valence-electron chi connectivity index (χ3n) is 6.92. The van der Waals surface area contributed by atoms with E-state index in [1.807, 2.05) is 19.1 Å². The Balaban J connectivity index is 1.17. The molecule has 1 saturated carbocycles. The summed E-state index contributed by atoms with van der Waals surface area (Å²) in [6.45, 7) is 4.85. The monoisotopic (exact) mass is 456 g/mol. The van der Waals surface area contributed by atoms with Crippen LogP contribution in [0.5, 0.6) is 5.75 Å². The van der Waals surface area contributed by atoms with Gasteiger partial charge in [0.15, 0.2) is 0 Å². The topological polar surface area (TPSA) is 58.6 Å². The van der Waals surface area contributed by atoms with Gasteiger partial charge < -0.3 is 14.5 Å². The first kappa shape index (κ1) is 22.8. The summed E-state index contributed by atoms with van der Waals surface area (Å²) in [6, 6.07) is 6.06. The molecular weight excluding hydrogens is 424 g/mol. The second-order valence-electron chi connectivity index (χ2n) is 9.38. The molecule has 1 saturated heterocycles. The highest BCUT2D eigenvalue weighted by Gasteiger charge is 2.43. The fraction of sp³-hybridized carbons (Fsp3) is 0.560. The van der Waals surface area contributed by atoms with Crippen LogP contribution < -0.4 is 9.64 Å². The van der Waals surface area contributed by atoms with Gasteiger partial charge in [-0.2, -0.15) is 0 Å². The van der Waals surface area contributed by atoms with E-state index in [0.29, 0.717) is 11.4 Å². The van der Waals surface area contributed by atoms with Crippen molar-refractivity contribution in [2.45, 2.75) is 39.0 Å². The summed E-state index contributed by atoms with van der Waals surface area (Å²) in [4.78, 5) is 24.6. The number of likely N-dealkylation sites (N-methyl/N-ethyl adjacent to an activating group) is 1. The molecule has 0 spiro atoms. The van der Waals surface area contributed by atoms with Gasteiger partial charge in [-0.1, -0.05) is 17.7 Å². The Hall–Kier alpha value is -2.34. The molecule has 4 rings (SSSR count). The Morgan fingerprint density at radius 1 is 1.22 bits per heavy atom. The first-order valence-corrected chi connectivity index (χ1v) is 11.9. The number of benzene rings is 1. The summed E-state index contributed by atoms with van der Waals surface area (Å²) in [7, 11) is 3.58. The van der Waals surface area contributed by atoms with Crippen molar-refractivity contribution >= 4 is 23.5 Å². The maximum Gasteiger partial charge on any atom is 0.226 e. The van der Waals surface area contributed by atoms with Crippen molar-refractivity contribution in [3.63, 3.8) is 0 Å². The number of carbonyl (C=O) groups excluding carboxylic acids is 1. The molecule has 7 heteroatoms. The molecule has 1 aromatic carbocycles. The molecule has 172 valence electrons. The van der Waals surface area contributed by atoms with E-state index in [1.165, 1.54) is 19.3 Å². The number of rotatable bonds is 8. The van der Waals surface area contributed by atoms with Crippen molar-refractivity contribution in [3.8, 4) is 5.75 Å². The van der Waals surface area contributed by atoms with Gasteiger partial charge in [0.25, 0.3) is 0 Å². The molecule has 2 unspecified atom stereocenters. The van der Waals surface area contributed by atoms with Crippen LogP contribution in [0.25, 0.3) is 0 Å². The molecule has 0 N–H and O–H groups in total. The standard InChI is InChI=1S/C25H33ClN4O2/c1-17-12-22(5-4-19(17)14-24(31)29(2)3)32-11-8-20-13-23(20)18-6-9-30(10-7-18)25-27-15-21(26)16-28-25/h4-5,12,15-16,18,20,23H,6-11,13-14H2,1-3H3. The van der Waals surface area contributed by atoms with Crippen LogP contribution >= 0.6 is 11.6 Å². The Bertz CT molecular complexity index is 926. The van der Waals surface area contributed by atoms with E-state index in [9.17, 15) is 4.79 Å². The van der Waals surface area contributed by atoms with E-state index >= 15 is 0 Å². The van der Waals surface area contributed by atoms with Crippen LogP contribution in [0.15, 0.2) is 30.6 Å². The van der Waals surface area contributed by atoms with Gasteiger partial charge in [0.1, 0.15) is 5.75 Å². The lowest BCUT2D eigenvalue weighted by molar-refractivity contribution is -0.127. The lowest BCUT2D eigenvalue weighted by atomic mass is 9.90. The number of hydrogen-bond acceptors (Lipinski definition) is 5. The molecule has 2 heterocycles. The molecule has 0 radical (unpaired) electrons. The highest BCUT2D eigenvalue weighted by atomic mass is 35.5. The normalized spacial score (nSPS) is 20.8.